The molecule has 10 heteroatoms. The second-order valence-corrected chi connectivity index (χ2v) is 11.0. The largest absolute Gasteiger partial charge is 0.461 e. The normalized spacial score (nSPS) is 24.6. The van der Waals surface area contributed by atoms with Crippen molar-refractivity contribution in [3.05, 3.63) is 36.0 Å². The van der Waals surface area contributed by atoms with E-state index in [1.807, 2.05) is 0 Å². The van der Waals surface area contributed by atoms with Gasteiger partial charge in [-0.3, -0.25) is 9.88 Å². The van der Waals surface area contributed by atoms with Crippen molar-refractivity contribution in [2.24, 2.45) is 0 Å². The number of benzene rings is 1. The van der Waals surface area contributed by atoms with E-state index in [9.17, 15) is 4.39 Å². The zero-order valence-corrected chi connectivity index (χ0v) is 20.7. The maximum absolute atomic E-state index is 16.1. The Bertz CT molecular complexity index is 1330. The van der Waals surface area contributed by atoms with Gasteiger partial charge in [-0.05, 0) is 63.7 Å². The van der Waals surface area contributed by atoms with E-state index < -0.39 is 11.6 Å². The number of nitrogens with two attached hydrogens (primary N) is 1. The van der Waals surface area contributed by atoms with E-state index in [4.69, 9.17) is 15.5 Å². The Kier molecular flexibility index (Phi) is 5.44. The van der Waals surface area contributed by atoms with Crippen molar-refractivity contribution in [1.82, 2.24) is 25.2 Å². The van der Waals surface area contributed by atoms with Gasteiger partial charge in [0.25, 0.3) is 0 Å². The van der Waals surface area contributed by atoms with E-state index in [1.54, 1.807) is 0 Å². The Labute approximate surface area is 214 Å². The molecule has 4 saturated heterocycles. The molecule has 2 aromatic heterocycles. The number of nitrogens with zero attached hydrogens (tertiary/aromatic N) is 5. The van der Waals surface area contributed by atoms with Crippen LogP contribution >= 0.6 is 0 Å². The zero-order valence-electron chi connectivity index (χ0n) is 20.7. The molecule has 0 aliphatic carbocycles. The first-order chi connectivity index (χ1) is 18.0. The molecule has 3 aromatic rings. The van der Waals surface area contributed by atoms with Crippen LogP contribution in [-0.4, -0.2) is 70.3 Å². The minimum Gasteiger partial charge on any atom is -0.461 e. The van der Waals surface area contributed by atoms with Crippen molar-refractivity contribution < 1.29 is 13.5 Å². The topological polar surface area (TPSA) is 92.4 Å². The van der Waals surface area contributed by atoms with Crippen LogP contribution in [0.3, 0.4) is 0 Å². The van der Waals surface area contributed by atoms with Gasteiger partial charge in [-0.15, -0.1) is 0 Å². The molecule has 3 N–H and O–H groups in total. The molecule has 7 rings (SSSR count). The smallest absolute Gasteiger partial charge is 0.319 e. The van der Waals surface area contributed by atoms with E-state index in [2.05, 4.69) is 25.1 Å². The Morgan fingerprint density at radius 2 is 1.84 bits per heavy atom. The summed E-state index contributed by atoms with van der Waals surface area (Å²) in [5.74, 6) is -0.732. The quantitative estimate of drug-likeness (QED) is 0.507. The maximum atomic E-state index is 16.1. The van der Waals surface area contributed by atoms with Crippen molar-refractivity contribution in [3.8, 4) is 17.3 Å². The van der Waals surface area contributed by atoms with Crippen LogP contribution in [0.2, 0.25) is 0 Å². The van der Waals surface area contributed by atoms with Crippen molar-refractivity contribution in [2.45, 2.75) is 56.1 Å². The number of fused-ring (bicyclic) bond motifs is 4. The van der Waals surface area contributed by atoms with Crippen molar-refractivity contribution >= 4 is 22.4 Å². The Hall–Kier alpha value is -3.11. The number of nitrogen functional groups attached to an aromatic ring is 1. The molecule has 0 amide bonds. The standard InChI is InChI=1S/C27H31F2N7O/c28-19-4-1-5-20(30)21(19)24-22(29)23-18(12-31-24)25(35-13-16-6-7-17(14-35)32-16)34-26(33-23)37-15-27-8-2-10-36(27)11-3-9-27/h1,4-5,12,16-17,32H,2-3,6-11,13-15,30H2. The number of halogens is 2. The number of aromatic nitrogens is 3. The lowest BCUT2D eigenvalue weighted by atomic mass is 9.95. The van der Waals surface area contributed by atoms with Gasteiger partial charge in [0.1, 0.15) is 29.5 Å². The fraction of sp³-hybridized carbons (Fsp3) is 0.519. The van der Waals surface area contributed by atoms with Crippen LogP contribution in [0.1, 0.15) is 38.5 Å². The van der Waals surface area contributed by atoms with Gasteiger partial charge in [0.05, 0.1) is 16.5 Å². The van der Waals surface area contributed by atoms with Crippen LogP contribution in [0.5, 0.6) is 6.01 Å². The van der Waals surface area contributed by atoms with Crippen molar-refractivity contribution in [3.63, 3.8) is 0 Å². The highest BCUT2D eigenvalue weighted by Crippen LogP contribution is 2.40. The number of hydrogen-bond donors (Lipinski definition) is 2. The lowest BCUT2D eigenvalue weighted by molar-refractivity contribution is 0.108. The van der Waals surface area contributed by atoms with Gasteiger partial charge >= 0.3 is 6.01 Å². The van der Waals surface area contributed by atoms with E-state index in [1.165, 1.54) is 24.4 Å². The number of anilines is 2. The summed E-state index contributed by atoms with van der Waals surface area (Å²) in [6.45, 7) is 4.19. The van der Waals surface area contributed by atoms with Gasteiger partial charge in [-0.25, -0.2) is 8.78 Å². The van der Waals surface area contributed by atoms with Crippen LogP contribution in [0, 0.1) is 11.6 Å². The number of hydrogen-bond acceptors (Lipinski definition) is 8. The second-order valence-electron chi connectivity index (χ2n) is 11.0. The zero-order chi connectivity index (χ0) is 25.1. The first-order valence-electron chi connectivity index (χ1n) is 13.3. The third kappa shape index (κ3) is 3.80. The van der Waals surface area contributed by atoms with Gasteiger partial charge in [-0.2, -0.15) is 9.97 Å². The lowest BCUT2D eigenvalue weighted by Gasteiger charge is -2.34. The summed E-state index contributed by atoms with van der Waals surface area (Å²) < 4.78 is 37.1. The van der Waals surface area contributed by atoms with E-state index >= 15 is 4.39 Å². The molecule has 0 spiro atoms. The second kappa shape index (κ2) is 8.73. The van der Waals surface area contributed by atoms with Gasteiger partial charge in [-0.1, -0.05) is 6.07 Å². The average Bonchev–Trinajstić information content (AvgIpc) is 3.57. The van der Waals surface area contributed by atoms with Crippen molar-refractivity contribution in [1.29, 1.82) is 0 Å². The lowest BCUT2D eigenvalue weighted by Crippen LogP contribution is -2.51. The average molecular weight is 508 g/mol. The summed E-state index contributed by atoms with van der Waals surface area (Å²) >= 11 is 0. The maximum Gasteiger partial charge on any atom is 0.319 e. The van der Waals surface area contributed by atoms with E-state index in [0.29, 0.717) is 29.9 Å². The number of rotatable bonds is 5. The molecule has 4 fully saturated rings. The number of ether oxygens (including phenoxy) is 1. The summed E-state index contributed by atoms with van der Waals surface area (Å²) in [4.78, 5) is 18.4. The molecule has 4 aliphatic heterocycles. The van der Waals surface area contributed by atoms with Crippen LogP contribution in [0.25, 0.3) is 22.2 Å². The molecule has 2 unspecified atom stereocenters. The Morgan fingerprint density at radius 1 is 1.08 bits per heavy atom. The van der Waals surface area contributed by atoms with Crippen LogP contribution in [0.4, 0.5) is 20.3 Å². The first-order valence-corrected chi connectivity index (χ1v) is 13.3. The molecular weight excluding hydrogens is 476 g/mol. The molecule has 2 bridgehead atoms. The molecule has 0 radical (unpaired) electrons. The fourth-order valence-corrected chi connectivity index (χ4v) is 6.92. The number of piperazine rings is 1. The predicted octanol–water partition coefficient (Wildman–Crippen LogP) is 3.50. The van der Waals surface area contributed by atoms with Crippen LogP contribution in [-0.2, 0) is 0 Å². The highest BCUT2D eigenvalue weighted by molar-refractivity contribution is 5.93. The highest BCUT2D eigenvalue weighted by Gasteiger charge is 2.45. The highest BCUT2D eigenvalue weighted by atomic mass is 19.1. The van der Waals surface area contributed by atoms with Crippen LogP contribution < -0.4 is 20.7 Å². The molecule has 0 saturated carbocycles. The summed E-state index contributed by atoms with van der Waals surface area (Å²) in [6.07, 6.45) is 8.24. The summed E-state index contributed by atoms with van der Waals surface area (Å²) in [6, 6.07) is 5.17. The van der Waals surface area contributed by atoms with E-state index in [0.717, 1.165) is 64.7 Å². The monoisotopic (exact) mass is 507 g/mol. The summed E-state index contributed by atoms with van der Waals surface area (Å²) in [7, 11) is 0. The third-order valence-corrected chi connectivity index (χ3v) is 8.72. The van der Waals surface area contributed by atoms with Gasteiger partial charge < -0.3 is 20.7 Å². The van der Waals surface area contributed by atoms with Crippen molar-refractivity contribution in [2.75, 3.05) is 43.4 Å². The molecule has 37 heavy (non-hydrogen) atoms. The summed E-state index contributed by atoms with van der Waals surface area (Å²) in [5, 5.41) is 4.12. The Morgan fingerprint density at radius 3 is 2.57 bits per heavy atom. The van der Waals surface area contributed by atoms with Gasteiger partial charge in [0.2, 0.25) is 0 Å². The third-order valence-electron chi connectivity index (χ3n) is 8.72. The first kappa shape index (κ1) is 23.0. The number of nitrogens with one attached hydrogen (secondary N) is 1. The fourth-order valence-electron chi connectivity index (χ4n) is 6.92. The summed E-state index contributed by atoms with van der Waals surface area (Å²) in [5.41, 5.74) is 6.01. The molecule has 8 nitrogen and oxygen atoms in total. The van der Waals surface area contributed by atoms with Gasteiger partial charge in [0, 0.05) is 37.1 Å². The number of pyridine rings is 1. The predicted molar refractivity (Wildman–Crippen MR) is 138 cm³/mol. The molecule has 194 valence electrons. The minimum atomic E-state index is -0.720. The van der Waals surface area contributed by atoms with Gasteiger partial charge in [0.15, 0.2) is 5.82 Å². The SMILES string of the molecule is Nc1cccc(F)c1-c1ncc2c(N3CC4CCC(C3)N4)nc(OCC34CCCN3CCC4)nc2c1F. The molecule has 2 atom stereocenters. The molecular formula is C27H31F2N7O. The molecule has 4 aliphatic rings. The Balaban J connectivity index is 1.33. The van der Waals surface area contributed by atoms with E-state index in [-0.39, 0.29) is 34.0 Å². The minimum absolute atomic E-state index is 0.0101. The van der Waals surface area contributed by atoms with Crippen LogP contribution in [0.15, 0.2) is 24.4 Å². The molecule has 6 heterocycles. The molecule has 1 aromatic carbocycles.